The third-order valence-electron chi connectivity index (χ3n) is 4.52. The highest BCUT2D eigenvalue weighted by molar-refractivity contribution is 7.99. The Morgan fingerprint density at radius 2 is 1.92 bits per heavy atom. The maximum atomic E-state index is 12.5. The standard InChI is InChI=1S/C17H21N3O3S/c18-15(21)8-11-4-6-13(7-5-11)19-16(22)14-9-24-10-20(14)17(23)12-2-1-3-12/h4-7,12,14H,1-3,8-10H2,(H2,18,21)(H,19,22)/t14-/m1/s1. The number of primary amides is 1. The van der Waals surface area contributed by atoms with Crippen molar-refractivity contribution in [1.82, 2.24) is 4.90 Å². The van der Waals surface area contributed by atoms with Crippen LogP contribution in [0.4, 0.5) is 5.69 Å². The quantitative estimate of drug-likeness (QED) is 0.841. The Balaban J connectivity index is 1.61. The Kier molecular flexibility index (Phi) is 5.08. The van der Waals surface area contributed by atoms with E-state index in [9.17, 15) is 14.4 Å². The molecule has 1 aromatic carbocycles. The summed E-state index contributed by atoms with van der Waals surface area (Å²) < 4.78 is 0. The number of nitrogens with two attached hydrogens (primary N) is 1. The molecule has 2 aliphatic rings. The second kappa shape index (κ2) is 7.25. The predicted octanol–water partition coefficient (Wildman–Crippen LogP) is 1.35. The van der Waals surface area contributed by atoms with Gasteiger partial charge in [-0.2, -0.15) is 0 Å². The van der Waals surface area contributed by atoms with Crippen molar-refractivity contribution in [1.29, 1.82) is 0 Å². The number of thioether (sulfide) groups is 1. The Labute approximate surface area is 145 Å². The van der Waals surface area contributed by atoms with Gasteiger partial charge in [0.15, 0.2) is 0 Å². The lowest BCUT2D eigenvalue weighted by atomic mass is 9.84. The van der Waals surface area contributed by atoms with Crippen molar-refractivity contribution in [3.63, 3.8) is 0 Å². The smallest absolute Gasteiger partial charge is 0.248 e. The Morgan fingerprint density at radius 1 is 1.21 bits per heavy atom. The lowest BCUT2D eigenvalue weighted by Crippen LogP contribution is -2.47. The van der Waals surface area contributed by atoms with E-state index in [0.29, 0.717) is 17.3 Å². The van der Waals surface area contributed by atoms with Gasteiger partial charge >= 0.3 is 0 Å². The van der Waals surface area contributed by atoms with Crippen LogP contribution in [-0.2, 0) is 20.8 Å². The minimum Gasteiger partial charge on any atom is -0.369 e. The van der Waals surface area contributed by atoms with Crippen LogP contribution in [0.25, 0.3) is 0 Å². The molecule has 0 unspecified atom stereocenters. The molecular weight excluding hydrogens is 326 g/mol. The summed E-state index contributed by atoms with van der Waals surface area (Å²) >= 11 is 1.61. The highest BCUT2D eigenvalue weighted by atomic mass is 32.2. The van der Waals surface area contributed by atoms with E-state index in [1.165, 1.54) is 0 Å². The fourth-order valence-electron chi connectivity index (χ4n) is 2.90. The lowest BCUT2D eigenvalue weighted by Gasteiger charge is -2.31. The van der Waals surface area contributed by atoms with Gasteiger partial charge in [0.2, 0.25) is 17.7 Å². The molecule has 1 aliphatic carbocycles. The first kappa shape index (κ1) is 16.8. The molecule has 1 heterocycles. The van der Waals surface area contributed by atoms with Crippen molar-refractivity contribution in [2.24, 2.45) is 11.7 Å². The molecule has 128 valence electrons. The summed E-state index contributed by atoms with van der Waals surface area (Å²) in [5, 5.41) is 2.86. The van der Waals surface area contributed by atoms with Gasteiger partial charge in [0, 0.05) is 17.4 Å². The van der Waals surface area contributed by atoms with Crippen LogP contribution in [0.1, 0.15) is 24.8 Å². The summed E-state index contributed by atoms with van der Waals surface area (Å²) in [7, 11) is 0. The first-order chi connectivity index (χ1) is 11.5. The molecule has 1 saturated carbocycles. The SMILES string of the molecule is NC(=O)Cc1ccc(NC(=O)[C@H]2CSCN2C(=O)C2CCC2)cc1. The van der Waals surface area contributed by atoms with Crippen LogP contribution in [-0.4, -0.2) is 40.3 Å². The molecule has 0 bridgehead atoms. The van der Waals surface area contributed by atoms with Crippen LogP contribution in [0.15, 0.2) is 24.3 Å². The van der Waals surface area contributed by atoms with Crippen LogP contribution in [0.3, 0.4) is 0 Å². The zero-order chi connectivity index (χ0) is 17.1. The molecule has 24 heavy (non-hydrogen) atoms. The number of hydrogen-bond acceptors (Lipinski definition) is 4. The molecule has 0 aromatic heterocycles. The van der Waals surface area contributed by atoms with Crippen molar-refractivity contribution in [3.05, 3.63) is 29.8 Å². The number of nitrogens with one attached hydrogen (secondary N) is 1. The van der Waals surface area contributed by atoms with Crippen molar-refractivity contribution < 1.29 is 14.4 Å². The number of carbonyl (C=O) groups is 3. The van der Waals surface area contributed by atoms with E-state index in [0.717, 1.165) is 24.8 Å². The minimum atomic E-state index is -0.409. The van der Waals surface area contributed by atoms with E-state index < -0.39 is 6.04 Å². The zero-order valence-corrected chi connectivity index (χ0v) is 14.2. The van der Waals surface area contributed by atoms with Crippen molar-refractivity contribution in [3.8, 4) is 0 Å². The molecule has 7 heteroatoms. The van der Waals surface area contributed by atoms with Crippen LogP contribution in [0.2, 0.25) is 0 Å². The van der Waals surface area contributed by atoms with Crippen LogP contribution in [0, 0.1) is 5.92 Å². The zero-order valence-electron chi connectivity index (χ0n) is 13.4. The number of nitrogens with zero attached hydrogens (tertiary/aromatic N) is 1. The van der Waals surface area contributed by atoms with Gasteiger partial charge in [0.25, 0.3) is 0 Å². The molecule has 1 atom stereocenters. The summed E-state index contributed by atoms with van der Waals surface area (Å²) in [6, 6.07) is 6.61. The van der Waals surface area contributed by atoms with Gasteiger partial charge in [0.05, 0.1) is 12.3 Å². The van der Waals surface area contributed by atoms with E-state index >= 15 is 0 Å². The van der Waals surface area contributed by atoms with Crippen molar-refractivity contribution in [2.45, 2.75) is 31.7 Å². The van der Waals surface area contributed by atoms with E-state index in [4.69, 9.17) is 5.73 Å². The fourth-order valence-corrected chi connectivity index (χ4v) is 4.06. The average Bonchev–Trinajstić information content (AvgIpc) is 2.96. The molecule has 0 radical (unpaired) electrons. The topological polar surface area (TPSA) is 92.5 Å². The molecule has 1 saturated heterocycles. The first-order valence-electron chi connectivity index (χ1n) is 8.11. The van der Waals surface area contributed by atoms with Gasteiger partial charge in [-0.15, -0.1) is 11.8 Å². The summed E-state index contributed by atoms with van der Waals surface area (Å²) in [5.41, 5.74) is 6.62. The summed E-state index contributed by atoms with van der Waals surface area (Å²) in [6.45, 7) is 0. The van der Waals surface area contributed by atoms with E-state index in [-0.39, 0.29) is 30.1 Å². The van der Waals surface area contributed by atoms with Gasteiger partial charge in [0.1, 0.15) is 6.04 Å². The molecule has 1 aliphatic heterocycles. The molecular formula is C17H21N3O3S. The van der Waals surface area contributed by atoms with Crippen LogP contribution >= 0.6 is 11.8 Å². The van der Waals surface area contributed by atoms with E-state index in [2.05, 4.69) is 5.32 Å². The maximum absolute atomic E-state index is 12.5. The number of rotatable bonds is 5. The van der Waals surface area contributed by atoms with Gasteiger partial charge in [-0.1, -0.05) is 18.6 Å². The largest absolute Gasteiger partial charge is 0.369 e. The molecule has 6 nitrogen and oxygen atoms in total. The Morgan fingerprint density at radius 3 is 2.50 bits per heavy atom. The highest BCUT2D eigenvalue weighted by Crippen LogP contribution is 2.32. The molecule has 3 amide bonds. The van der Waals surface area contributed by atoms with Crippen LogP contribution in [0.5, 0.6) is 0 Å². The molecule has 3 N–H and O–H groups in total. The monoisotopic (exact) mass is 347 g/mol. The third kappa shape index (κ3) is 3.72. The number of benzene rings is 1. The molecule has 1 aromatic rings. The highest BCUT2D eigenvalue weighted by Gasteiger charge is 2.39. The predicted molar refractivity (Wildman–Crippen MR) is 93.3 cm³/mol. The van der Waals surface area contributed by atoms with Gasteiger partial charge in [-0.3, -0.25) is 14.4 Å². The number of hydrogen-bond donors (Lipinski definition) is 2. The first-order valence-corrected chi connectivity index (χ1v) is 9.26. The number of amides is 3. The summed E-state index contributed by atoms with van der Waals surface area (Å²) in [5.74, 6) is 0.889. The summed E-state index contributed by atoms with van der Waals surface area (Å²) in [4.78, 5) is 37.6. The van der Waals surface area contributed by atoms with Crippen molar-refractivity contribution in [2.75, 3.05) is 16.9 Å². The molecule has 2 fully saturated rings. The van der Waals surface area contributed by atoms with Crippen LogP contribution < -0.4 is 11.1 Å². The average molecular weight is 347 g/mol. The second-order valence-corrected chi connectivity index (χ2v) is 7.28. The molecule has 3 rings (SSSR count). The maximum Gasteiger partial charge on any atom is 0.248 e. The van der Waals surface area contributed by atoms with Gasteiger partial charge in [-0.25, -0.2) is 0 Å². The Hall–Kier alpha value is -2.02. The second-order valence-electron chi connectivity index (χ2n) is 6.28. The van der Waals surface area contributed by atoms with Gasteiger partial charge < -0.3 is 16.0 Å². The molecule has 0 spiro atoms. The normalized spacial score (nSPS) is 20.5. The van der Waals surface area contributed by atoms with Gasteiger partial charge in [-0.05, 0) is 30.5 Å². The van der Waals surface area contributed by atoms with E-state index in [1.807, 2.05) is 0 Å². The number of anilines is 1. The Bertz CT molecular complexity index is 643. The summed E-state index contributed by atoms with van der Waals surface area (Å²) in [6.07, 6.45) is 3.16. The van der Waals surface area contributed by atoms with Crippen molar-refractivity contribution >= 4 is 35.2 Å². The number of carbonyl (C=O) groups excluding carboxylic acids is 3. The van der Waals surface area contributed by atoms with E-state index in [1.54, 1.807) is 40.9 Å². The fraction of sp³-hybridized carbons (Fsp3) is 0.471. The minimum absolute atomic E-state index is 0.104. The third-order valence-corrected chi connectivity index (χ3v) is 5.53. The lowest BCUT2D eigenvalue weighted by molar-refractivity contribution is -0.141.